The molecule has 19 heavy (non-hydrogen) atoms. The van der Waals surface area contributed by atoms with Crippen LogP contribution in [-0.4, -0.2) is 34.6 Å². The van der Waals surface area contributed by atoms with Gasteiger partial charge >= 0.3 is 0 Å². The maximum Gasteiger partial charge on any atom is 0.242 e. The van der Waals surface area contributed by atoms with Gasteiger partial charge in [0.15, 0.2) is 0 Å². The van der Waals surface area contributed by atoms with Crippen LogP contribution in [-0.2, 0) is 23.2 Å². The highest BCUT2D eigenvalue weighted by atomic mass is 32.2. The van der Waals surface area contributed by atoms with Gasteiger partial charge in [-0.3, -0.25) is 0 Å². The van der Waals surface area contributed by atoms with E-state index in [1.54, 1.807) is 12.5 Å². The SMILES string of the molecule is O=S(=O)(NCCCn1ccnc1)c1c[nH]c(CO)c1. The lowest BCUT2D eigenvalue weighted by Crippen LogP contribution is -2.25. The molecular weight excluding hydrogens is 268 g/mol. The van der Waals surface area contributed by atoms with Crippen LogP contribution in [0.3, 0.4) is 0 Å². The summed E-state index contributed by atoms with van der Waals surface area (Å²) in [6.45, 7) is 0.841. The van der Waals surface area contributed by atoms with Crippen LogP contribution in [0.4, 0.5) is 0 Å². The highest BCUT2D eigenvalue weighted by Gasteiger charge is 2.14. The van der Waals surface area contributed by atoms with E-state index in [2.05, 4.69) is 14.7 Å². The summed E-state index contributed by atoms with van der Waals surface area (Å²) in [7, 11) is -3.51. The normalized spacial score (nSPS) is 11.8. The zero-order valence-corrected chi connectivity index (χ0v) is 11.1. The maximum absolute atomic E-state index is 11.9. The van der Waals surface area contributed by atoms with Crippen molar-refractivity contribution in [1.29, 1.82) is 0 Å². The van der Waals surface area contributed by atoms with Crippen molar-refractivity contribution in [3.8, 4) is 0 Å². The summed E-state index contributed by atoms with van der Waals surface area (Å²) in [5, 5.41) is 8.88. The van der Waals surface area contributed by atoms with Crippen LogP contribution in [0.1, 0.15) is 12.1 Å². The Hall–Kier alpha value is -1.64. The van der Waals surface area contributed by atoms with E-state index in [1.165, 1.54) is 12.3 Å². The number of aromatic amines is 1. The summed E-state index contributed by atoms with van der Waals surface area (Å²) in [4.78, 5) is 6.74. The van der Waals surface area contributed by atoms with Gasteiger partial charge in [-0.15, -0.1) is 0 Å². The zero-order valence-electron chi connectivity index (χ0n) is 10.3. The average molecular weight is 284 g/mol. The largest absolute Gasteiger partial charge is 0.390 e. The summed E-state index contributed by atoms with van der Waals surface area (Å²) in [5.41, 5.74) is 0.471. The van der Waals surface area contributed by atoms with Crippen LogP contribution < -0.4 is 4.72 Å². The van der Waals surface area contributed by atoms with E-state index < -0.39 is 10.0 Å². The molecule has 0 amide bonds. The molecule has 8 heteroatoms. The monoisotopic (exact) mass is 284 g/mol. The van der Waals surface area contributed by atoms with Crippen molar-refractivity contribution in [2.24, 2.45) is 0 Å². The van der Waals surface area contributed by atoms with Crippen LogP contribution in [0.5, 0.6) is 0 Å². The Morgan fingerprint density at radius 1 is 1.47 bits per heavy atom. The number of aliphatic hydroxyl groups is 1. The van der Waals surface area contributed by atoms with E-state index in [1.807, 2.05) is 10.8 Å². The molecule has 0 unspecified atom stereocenters. The number of hydrogen-bond donors (Lipinski definition) is 3. The second-order valence-corrected chi connectivity index (χ2v) is 5.84. The van der Waals surface area contributed by atoms with Gasteiger partial charge in [-0.25, -0.2) is 18.1 Å². The molecule has 0 aliphatic carbocycles. The third-order valence-corrected chi connectivity index (χ3v) is 4.08. The predicted molar refractivity (Wildman–Crippen MR) is 68.7 cm³/mol. The Kier molecular flexibility index (Phi) is 4.35. The molecule has 0 atom stereocenters. The first-order valence-electron chi connectivity index (χ1n) is 5.85. The van der Waals surface area contributed by atoms with Gasteiger partial charge in [-0.1, -0.05) is 0 Å². The molecule has 2 aromatic rings. The molecule has 0 aliphatic heterocycles. The summed E-state index contributed by atoms with van der Waals surface area (Å²) < 4.78 is 28.2. The molecule has 2 heterocycles. The molecule has 0 bridgehead atoms. The number of nitrogens with zero attached hydrogens (tertiary/aromatic N) is 2. The molecule has 0 fully saturated rings. The minimum atomic E-state index is -3.51. The molecule has 2 aromatic heterocycles. The van der Waals surface area contributed by atoms with Gasteiger partial charge in [0.2, 0.25) is 10.0 Å². The van der Waals surface area contributed by atoms with Gasteiger partial charge in [0.05, 0.1) is 17.8 Å². The van der Waals surface area contributed by atoms with Gasteiger partial charge in [0.25, 0.3) is 0 Å². The Morgan fingerprint density at radius 3 is 2.95 bits per heavy atom. The topological polar surface area (TPSA) is 100 Å². The van der Waals surface area contributed by atoms with Crippen LogP contribution >= 0.6 is 0 Å². The number of aliphatic hydroxyl groups excluding tert-OH is 1. The molecule has 7 nitrogen and oxygen atoms in total. The van der Waals surface area contributed by atoms with E-state index in [0.717, 1.165) is 0 Å². The van der Waals surface area contributed by atoms with Gasteiger partial charge in [-0.05, 0) is 12.5 Å². The Balaban J connectivity index is 1.84. The number of imidazole rings is 1. The summed E-state index contributed by atoms with van der Waals surface area (Å²) in [5.74, 6) is 0. The molecule has 0 spiro atoms. The first kappa shape index (κ1) is 13.8. The number of rotatable bonds is 7. The minimum absolute atomic E-state index is 0.138. The van der Waals surface area contributed by atoms with Crippen molar-refractivity contribution in [2.45, 2.75) is 24.5 Å². The van der Waals surface area contributed by atoms with E-state index in [9.17, 15) is 8.42 Å². The number of hydrogen-bond acceptors (Lipinski definition) is 4. The lowest BCUT2D eigenvalue weighted by Gasteiger charge is -2.05. The van der Waals surface area contributed by atoms with Crippen molar-refractivity contribution in [1.82, 2.24) is 19.3 Å². The van der Waals surface area contributed by atoms with Crippen molar-refractivity contribution in [2.75, 3.05) is 6.54 Å². The number of H-pyrrole nitrogens is 1. The second-order valence-electron chi connectivity index (χ2n) is 4.07. The van der Waals surface area contributed by atoms with Crippen molar-refractivity contribution >= 4 is 10.0 Å². The van der Waals surface area contributed by atoms with Crippen LogP contribution in [0.15, 0.2) is 35.9 Å². The van der Waals surface area contributed by atoms with Crippen LogP contribution in [0, 0.1) is 0 Å². The Morgan fingerprint density at radius 2 is 2.32 bits per heavy atom. The highest BCUT2D eigenvalue weighted by molar-refractivity contribution is 7.89. The van der Waals surface area contributed by atoms with Gasteiger partial charge in [0, 0.05) is 37.4 Å². The average Bonchev–Trinajstić information content (AvgIpc) is 3.05. The number of aromatic nitrogens is 3. The number of nitrogens with one attached hydrogen (secondary N) is 2. The van der Waals surface area contributed by atoms with Gasteiger partial charge in [0.1, 0.15) is 0 Å². The Bertz CT molecular complexity index is 604. The third-order valence-electron chi connectivity index (χ3n) is 2.64. The molecule has 2 rings (SSSR count). The lowest BCUT2D eigenvalue weighted by atomic mass is 10.4. The summed E-state index contributed by atoms with van der Waals surface area (Å²) >= 11 is 0. The third kappa shape index (κ3) is 3.66. The molecule has 3 N–H and O–H groups in total. The lowest BCUT2D eigenvalue weighted by molar-refractivity contribution is 0.277. The first-order chi connectivity index (χ1) is 9.12. The fourth-order valence-corrected chi connectivity index (χ4v) is 2.73. The molecule has 0 aromatic carbocycles. The minimum Gasteiger partial charge on any atom is -0.390 e. The zero-order chi connectivity index (χ0) is 13.7. The second kappa shape index (κ2) is 6.00. The fraction of sp³-hybridized carbons (Fsp3) is 0.364. The first-order valence-corrected chi connectivity index (χ1v) is 7.34. The Labute approximate surface area is 111 Å². The van der Waals surface area contributed by atoms with Gasteiger partial charge in [-0.2, -0.15) is 0 Å². The highest BCUT2D eigenvalue weighted by Crippen LogP contribution is 2.10. The van der Waals surface area contributed by atoms with Crippen LogP contribution in [0.2, 0.25) is 0 Å². The van der Waals surface area contributed by atoms with E-state index in [4.69, 9.17) is 5.11 Å². The van der Waals surface area contributed by atoms with Crippen molar-refractivity contribution in [3.05, 3.63) is 36.7 Å². The molecule has 0 aliphatic rings. The molecule has 104 valence electrons. The quantitative estimate of drug-likeness (QED) is 0.626. The molecule has 0 saturated heterocycles. The van der Waals surface area contributed by atoms with E-state index in [-0.39, 0.29) is 11.5 Å². The van der Waals surface area contributed by atoms with Crippen molar-refractivity contribution < 1.29 is 13.5 Å². The standard InChI is InChI=1S/C11H16N4O3S/c16-8-10-6-11(7-13-10)19(17,18)14-2-1-4-15-5-3-12-9-15/h3,5-7,9,13-14,16H,1-2,4,8H2. The number of aryl methyl sites for hydroxylation is 1. The number of sulfonamides is 1. The van der Waals surface area contributed by atoms with Crippen LogP contribution in [0.25, 0.3) is 0 Å². The van der Waals surface area contributed by atoms with E-state index in [0.29, 0.717) is 25.2 Å². The van der Waals surface area contributed by atoms with Gasteiger partial charge < -0.3 is 14.7 Å². The van der Waals surface area contributed by atoms with Crippen molar-refractivity contribution in [3.63, 3.8) is 0 Å². The summed E-state index contributed by atoms with van der Waals surface area (Å²) in [6, 6.07) is 1.41. The molecular formula is C11H16N4O3S. The molecule has 0 saturated carbocycles. The maximum atomic E-state index is 11.9. The predicted octanol–water partition coefficient (Wildman–Crippen LogP) is 0.0721. The summed E-state index contributed by atoms with van der Waals surface area (Å²) in [6.07, 6.45) is 7.24. The smallest absolute Gasteiger partial charge is 0.242 e. The van der Waals surface area contributed by atoms with E-state index >= 15 is 0 Å². The fourth-order valence-electron chi connectivity index (χ4n) is 1.64. The molecule has 0 radical (unpaired) electrons.